The highest BCUT2D eigenvalue weighted by Gasteiger charge is 2.33. The fourth-order valence-corrected chi connectivity index (χ4v) is 5.15. The molecule has 6 rings (SSSR count). The maximum Gasteiger partial charge on any atom is 0.337 e. The highest BCUT2D eigenvalue weighted by Crippen LogP contribution is 2.46. The van der Waals surface area contributed by atoms with Gasteiger partial charge in [0, 0.05) is 29.1 Å². The van der Waals surface area contributed by atoms with Gasteiger partial charge < -0.3 is 19.1 Å². The van der Waals surface area contributed by atoms with Crippen molar-refractivity contribution in [2.24, 2.45) is 0 Å². The van der Waals surface area contributed by atoms with Crippen molar-refractivity contribution in [1.82, 2.24) is 10.1 Å². The van der Waals surface area contributed by atoms with E-state index in [4.69, 9.17) is 53.9 Å². The van der Waals surface area contributed by atoms with Crippen LogP contribution in [0.5, 0.6) is 17.4 Å². The van der Waals surface area contributed by atoms with Crippen molar-refractivity contribution in [2.45, 2.75) is 25.4 Å². The molecule has 0 radical (unpaired) electrons. The maximum atomic E-state index is 11.0. The minimum Gasteiger partial charge on any atom is -0.489 e. The van der Waals surface area contributed by atoms with Gasteiger partial charge >= 0.3 is 5.97 Å². The number of aromatic nitrogens is 2. The Balaban J connectivity index is 1.25. The zero-order chi connectivity index (χ0) is 27.1. The largest absolute Gasteiger partial charge is 0.489 e. The Labute approximate surface area is 237 Å². The normalized spacial score (nSPS) is 13.0. The van der Waals surface area contributed by atoms with Crippen molar-refractivity contribution in [3.05, 3.63) is 98.8 Å². The van der Waals surface area contributed by atoms with Crippen LogP contribution < -0.4 is 9.47 Å². The van der Waals surface area contributed by atoms with E-state index in [2.05, 4.69) is 10.1 Å². The van der Waals surface area contributed by atoms with Crippen LogP contribution in [-0.2, 0) is 6.61 Å². The zero-order valence-electron chi connectivity index (χ0n) is 20.2. The van der Waals surface area contributed by atoms with E-state index in [-0.39, 0.29) is 18.1 Å². The smallest absolute Gasteiger partial charge is 0.337 e. The number of fused-ring (bicyclic) bond motifs is 1. The summed E-state index contributed by atoms with van der Waals surface area (Å²) in [4.78, 5) is 15.1. The molecule has 5 aromatic rings. The second-order valence-electron chi connectivity index (χ2n) is 9.09. The number of carbonyl (C=O) groups is 1. The van der Waals surface area contributed by atoms with E-state index in [1.54, 1.807) is 24.3 Å². The molecule has 2 heterocycles. The summed E-state index contributed by atoms with van der Waals surface area (Å²) < 4.78 is 17.7. The number of rotatable bonds is 8. The second-order valence-corrected chi connectivity index (χ2v) is 10.3. The number of ether oxygens (including phenoxy) is 2. The van der Waals surface area contributed by atoms with E-state index in [1.807, 2.05) is 24.3 Å². The van der Waals surface area contributed by atoms with E-state index in [0.29, 0.717) is 43.7 Å². The Morgan fingerprint density at radius 3 is 2.51 bits per heavy atom. The third kappa shape index (κ3) is 5.13. The molecule has 0 aliphatic heterocycles. The average molecular weight is 582 g/mol. The molecule has 0 amide bonds. The average Bonchev–Trinajstić information content (AvgIpc) is 3.69. The van der Waals surface area contributed by atoms with Crippen LogP contribution >= 0.6 is 34.8 Å². The number of pyridine rings is 1. The predicted octanol–water partition coefficient (Wildman–Crippen LogP) is 8.80. The Morgan fingerprint density at radius 1 is 1.03 bits per heavy atom. The molecule has 1 aliphatic carbocycles. The minimum atomic E-state index is -1.06. The van der Waals surface area contributed by atoms with Crippen molar-refractivity contribution in [3.63, 3.8) is 0 Å². The molecule has 0 atom stereocenters. The third-order valence-electron chi connectivity index (χ3n) is 6.44. The summed E-state index contributed by atoms with van der Waals surface area (Å²) >= 11 is 19.6. The first kappa shape index (κ1) is 25.5. The Kier molecular flexibility index (Phi) is 6.81. The molecule has 1 aliphatic rings. The molecule has 1 fully saturated rings. The molecule has 2 aromatic heterocycles. The van der Waals surface area contributed by atoms with Gasteiger partial charge in [-0.3, -0.25) is 0 Å². The fourth-order valence-electron chi connectivity index (χ4n) is 4.30. The monoisotopic (exact) mass is 580 g/mol. The van der Waals surface area contributed by atoms with Gasteiger partial charge in [-0.2, -0.15) is 0 Å². The molecule has 196 valence electrons. The Bertz CT molecular complexity index is 1690. The van der Waals surface area contributed by atoms with Crippen LogP contribution in [0.25, 0.3) is 22.0 Å². The third-order valence-corrected chi connectivity index (χ3v) is 7.46. The van der Waals surface area contributed by atoms with Gasteiger partial charge in [0.2, 0.25) is 5.88 Å². The Hall–Kier alpha value is -3.78. The van der Waals surface area contributed by atoms with Crippen LogP contribution in [0.4, 0.5) is 0 Å². The maximum absolute atomic E-state index is 11.0. The summed E-state index contributed by atoms with van der Waals surface area (Å²) in [5.41, 5.74) is 2.11. The summed E-state index contributed by atoms with van der Waals surface area (Å²) in [5.74, 6) is 1.32. The lowest BCUT2D eigenvalue weighted by Crippen LogP contribution is -2.00. The fraction of sp³-hybridized carbons (Fsp3) is 0.138. The number of benzene rings is 3. The summed E-state index contributed by atoms with van der Waals surface area (Å²) in [6.45, 7) is 0.227. The van der Waals surface area contributed by atoms with Crippen LogP contribution in [0.2, 0.25) is 15.1 Å². The molecule has 1 N–H and O–H groups in total. The van der Waals surface area contributed by atoms with Crippen molar-refractivity contribution in [3.8, 4) is 28.6 Å². The molecule has 7 nitrogen and oxygen atoms in total. The van der Waals surface area contributed by atoms with Crippen molar-refractivity contribution < 1.29 is 23.9 Å². The number of hydrogen-bond acceptors (Lipinski definition) is 6. The van der Waals surface area contributed by atoms with Gasteiger partial charge in [0.1, 0.15) is 29.6 Å². The van der Waals surface area contributed by atoms with Gasteiger partial charge in [0.15, 0.2) is 0 Å². The summed E-state index contributed by atoms with van der Waals surface area (Å²) in [5, 5.41) is 16.3. The molecule has 0 spiro atoms. The summed E-state index contributed by atoms with van der Waals surface area (Å²) in [7, 11) is 0. The topological polar surface area (TPSA) is 94.7 Å². The van der Waals surface area contributed by atoms with Crippen LogP contribution in [0.1, 0.15) is 40.4 Å². The van der Waals surface area contributed by atoms with Crippen molar-refractivity contribution in [2.75, 3.05) is 0 Å². The molecule has 3 aromatic carbocycles. The van der Waals surface area contributed by atoms with Gasteiger partial charge in [0.25, 0.3) is 0 Å². The number of nitrogens with zero attached hydrogens (tertiary/aromatic N) is 2. The molecular weight excluding hydrogens is 563 g/mol. The standard InChI is InChI=1S/C29H19Cl3N2O5/c30-21-2-1-3-22(31)25(21)27-20(28(39-34-27)15-4-5-15)14-37-18-8-9-19-16(12-18)6-10-23(26(19)32)38-24-11-7-17(13-33-24)29(35)36/h1-3,6-13,15H,4-5,14H2,(H,35,36). The first-order valence-corrected chi connectivity index (χ1v) is 13.2. The molecule has 1 saturated carbocycles. The van der Waals surface area contributed by atoms with Crippen LogP contribution in [-0.4, -0.2) is 21.2 Å². The number of carboxylic acids is 1. The van der Waals surface area contributed by atoms with E-state index >= 15 is 0 Å². The molecule has 0 bridgehead atoms. The van der Waals surface area contributed by atoms with E-state index in [1.165, 1.54) is 18.3 Å². The highest BCUT2D eigenvalue weighted by molar-refractivity contribution is 6.39. The van der Waals surface area contributed by atoms with E-state index < -0.39 is 5.97 Å². The van der Waals surface area contributed by atoms with E-state index in [9.17, 15) is 4.79 Å². The van der Waals surface area contributed by atoms with Gasteiger partial charge in [-0.15, -0.1) is 0 Å². The Morgan fingerprint density at radius 2 is 1.82 bits per heavy atom. The molecule has 10 heteroatoms. The quantitative estimate of drug-likeness (QED) is 0.196. The lowest BCUT2D eigenvalue weighted by molar-refractivity contribution is 0.0696. The van der Waals surface area contributed by atoms with E-state index in [0.717, 1.165) is 34.9 Å². The van der Waals surface area contributed by atoms with Crippen molar-refractivity contribution >= 4 is 51.5 Å². The lowest BCUT2D eigenvalue weighted by Gasteiger charge is -2.12. The summed E-state index contributed by atoms with van der Waals surface area (Å²) in [6, 6.07) is 17.4. The van der Waals surface area contributed by atoms with Gasteiger partial charge in [-0.25, -0.2) is 9.78 Å². The molecule has 0 unspecified atom stereocenters. The number of carboxylic acid groups (broad SMARTS) is 1. The highest BCUT2D eigenvalue weighted by atomic mass is 35.5. The predicted molar refractivity (Wildman–Crippen MR) is 148 cm³/mol. The lowest BCUT2D eigenvalue weighted by atomic mass is 10.0. The first-order chi connectivity index (χ1) is 18.9. The van der Waals surface area contributed by atoms with Crippen LogP contribution in [0.15, 0.2) is 71.4 Å². The molecule has 39 heavy (non-hydrogen) atoms. The van der Waals surface area contributed by atoms with Gasteiger partial charge in [-0.1, -0.05) is 52.1 Å². The second kappa shape index (κ2) is 10.4. The SMILES string of the molecule is O=C(O)c1ccc(Oc2ccc3cc(OCc4c(-c5c(Cl)cccc5Cl)noc4C4CC4)ccc3c2Cl)nc1. The number of hydrogen-bond donors (Lipinski definition) is 1. The first-order valence-electron chi connectivity index (χ1n) is 12.0. The number of aromatic carboxylic acids is 1. The van der Waals surface area contributed by atoms with Gasteiger partial charge in [-0.05, 0) is 60.7 Å². The van der Waals surface area contributed by atoms with Gasteiger partial charge in [0.05, 0.1) is 26.2 Å². The minimum absolute atomic E-state index is 0.0667. The summed E-state index contributed by atoms with van der Waals surface area (Å²) in [6.07, 6.45) is 3.30. The molecule has 0 saturated heterocycles. The van der Waals surface area contributed by atoms with Crippen LogP contribution in [0, 0.1) is 0 Å². The van der Waals surface area contributed by atoms with Crippen molar-refractivity contribution in [1.29, 1.82) is 0 Å². The molecular formula is C29H19Cl3N2O5. The number of halogens is 3. The zero-order valence-corrected chi connectivity index (χ0v) is 22.4. The van der Waals surface area contributed by atoms with Crippen LogP contribution in [0.3, 0.4) is 0 Å².